The molecule has 1 rings (SSSR count). The van der Waals surface area contributed by atoms with Crippen molar-refractivity contribution in [1.82, 2.24) is 10.2 Å². The summed E-state index contributed by atoms with van der Waals surface area (Å²) in [6.07, 6.45) is 1.61. The minimum atomic E-state index is -3.85. The highest BCUT2D eigenvalue weighted by molar-refractivity contribution is 5.76. The van der Waals surface area contributed by atoms with Crippen LogP contribution in [-0.4, -0.2) is 21.3 Å². The van der Waals surface area contributed by atoms with Crippen molar-refractivity contribution < 1.29 is 18.7 Å². The van der Waals surface area contributed by atoms with Crippen molar-refractivity contribution in [2.75, 3.05) is 0 Å². The van der Waals surface area contributed by atoms with Crippen molar-refractivity contribution in [1.29, 1.82) is 0 Å². The number of aliphatic carboxylic acids is 1. The van der Waals surface area contributed by atoms with Crippen LogP contribution in [0.25, 0.3) is 0 Å². The summed E-state index contributed by atoms with van der Waals surface area (Å²) in [5, 5.41) is 13.3. The first-order valence-corrected chi connectivity index (χ1v) is 2.65. The van der Waals surface area contributed by atoms with Gasteiger partial charge < -0.3 is 5.11 Å². The fourth-order valence-electron chi connectivity index (χ4n) is 0.546. The number of carbonyl (C=O) groups is 1. The van der Waals surface area contributed by atoms with Gasteiger partial charge in [0.1, 0.15) is 0 Å². The molecule has 0 saturated heterocycles. The van der Waals surface area contributed by atoms with Crippen LogP contribution in [0.2, 0.25) is 0 Å². The lowest BCUT2D eigenvalue weighted by atomic mass is 10.2. The monoisotopic (exact) mass is 162 g/mol. The maximum atomic E-state index is 12.5. The maximum Gasteiger partial charge on any atom is 0.379 e. The number of hydrogen-bond donors (Lipinski definition) is 2. The Morgan fingerprint density at radius 3 is 2.73 bits per heavy atom. The molecular weight excluding hydrogens is 158 g/mol. The van der Waals surface area contributed by atoms with E-state index < -0.39 is 17.5 Å². The molecule has 0 aliphatic carbocycles. The highest BCUT2D eigenvalue weighted by Crippen LogP contribution is 2.26. The second-order valence-electron chi connectivity index (χ2n) is 1.87. The van der Waals surface area contributed by atoms with Gasteiger partial charge in [-0.15, -0.1) is 0 Å². The van der Waals surface area contributed by atoms with Gasteiger partial charge in [0.05, 0.1) is 11.8 Å². The number of nitrogens with zero attached hydrogens (tertiary/aromatic N) is 1. The van der Waals surface area contributed by atoms with Crippen LogP contribution in [0.4, 0.5) is 8.78 Å². The fraction of sp³-hybridized carbons (Fsp3) is 0.200. The van der Waals surface area contributed by atoms with E-state index >= 15 is 0 Å². The zero-order valence-corrected chi connectivity index (χ0v) is 5.21. The van der Waals surface area contributed by atoms with Gasteiger partial charge in [-0.25, -0.2) is 4.79 Å². The van der Waals surface area contributed by atoms with E-state index in [9.17, 15) is 13.6 Å². The first-order valence-electron chi connectivity index (χ1n) is 2.65. The molecular formula is C5H4F2N2O2. The molecule has 0 fully saturated rings. The van der Waals surface area contributed by atoms with E-state index in [0.717, 1.165) is 12.4 Å². The molecule has 0 spiro atoms. The summed E-state index contributed by atoms with van der Waals surface area (Å²) in [5.41, 5.74) is -0.648. The van der Waals surface area contributed by atoms with Gasteiger partial charge in [0.25, 0.3) is 0 Å². The predicted octanol–water partition coefficient (Wildman–Crippen LogP) is 0.586. The molecule has 1 heterocycles. The molecule has 2 N–H and O–H groups in total. The maximum absolute atomic E-state index is 12.5. The predicted molar refractivity (Wildman–Crippen MR) is 30.1 cm³/mol. The summed E-state index contributed by atoms with van der Waals surface area (Å²) >= 11 is 0. The second kappa shape index (κ2) is 2.30. The van der Waals surface area contributed by atoms with E-state index in [1.54, 1.807) is 0 Å². The zero-order chi connectivity index (χ0) is 8.48. The molecule has 11 heavy (non-hydrogen) atoms. The van der Waals surface area contributed by atoms with Gasteiger partial charge in [-0.2, -0.15) is 13.9 Å². The molecule has 0 aromatic carbocycles. The summed E-state index contributed by atoms with van der Waals surface area (Å²) in [6.45, 7) is 0. The van der Waals surface area contributed by atoms with Gasteiger partial charge in [0.15, 0.2) is 0 Å². The topological polar surface area (TPSA) is 66.0 Å². The SMILES string of the molecule is O=C(O)C(F)(F)c1cn[nH]c1. The second-order valence-corrected chi connectivity index (χ2v) is 1.87. The summed E-state index contributed by atoms with van der Waals surface area (Å²) in [4.78, 5) is 9.93. The van der Waals surface area contributed by atoms with Crippen molar-refractivity contribution in [2.45, 2.75) is 5.92 Å². The zero-order valence-electron chi connectivity index (χ0n) is 5.21. The Balaban J connectivity index is 3.00. The first kappa shape index (κ1) is 7.64. The van der Waals surface area contributed by atoms with Gasteiger partial charge in [0, 0.05) is 6.20 Å². The average molecular weight is 162 g/mol. The number of carboxylic acid groups (broad SMARTS) is 1. The molecule has 0 aliphatic rings. The van der Waals surface area contributed by atoms with Crippen molar-refractivity contribution in [3.05, 3.63) is 18.0 Å². The Kier molecular flexibility index (Phi) is 1.60. The van der Waals surface area contributed by atoms with Crippen LogP contribution < -0.4 is 0 Å². The molecule has 0 unspecified atom stereocenters. The number of hydrogen-bond acceptors (Lipinski definition) is 2. The summed E-state index contributed by atoms with van der Waals surface area (Å²) in [7, 11) is 0. The first-order chi connectivity index (χ1) is 5.05. The van der Waals surface area contributed by atoms with E-state index in [-0.39, 0.29) is 0 Å². The van der Waals surface area contributed by atoms with E-state index in [0.29, 0.717) is 0 Å². The number of rotatable bonds is 2. The normalized spacial score (nSPS) is 11.5. The molecule has 0 amide bonds. The summed E-state index contributed by atoms with van der Waals surface area (Å²) in [6, 6.07) is 0. The highest BCUT2D eigenvalue weighted by atomic mass is 19.3. The number of aromatic amines is 1. The number of carboxylic acids is 1. The van der Waals surface area contributed by atoms with Gasteiger partial charge >= 0.3 is 11.9 Å². The molecule has 0 bridgehead atoms. The van der Waals surface area contributed by atoms with Crippen LogP contribution >= 0.6 is 0 Å². The minimum Gasteiger partial charge on any atom is -0.477 e. The van der Waals surface area contributed by atoms with Crippen LogP contribution in [0.1, 0.15) is 5.56 Å². The highest BCUT2D eigenvalue weighted by Gasteiger charge is 2.41. The molecule has 0 radical (unpaired) electrons. The summed E-state index contributed by atoms with van der Waals surface area (Å²) < 4.78 is 24.9. The van der Waals surface area contributed by atoms with E-state index in [1.165, 1.54) is 0 Å². The molecule has 4 nitrogen and oxygen atoms in total. The molecule has 0 atom stereocenters. The van der Waals surface area contributed by atoms with Crippen LogP contribution in [0.15, 0.2) is 12.4 Å². The van der Waals surface area contributed by atoms with E-state index in [2.05, 4.69) is 10.2 Å². The Bertz CT molecular complexity index is 257. The lowest BCUT2D eigenvalue weighted by Crippen LogP contribution is -2.24. The Hall–Kier alpha value is -1.46. The van der Waals surface area contributed by atoms with Gasteiger partial charge in [0.2, 0.25) is 0 Å². The quantitative estimate of drug-likeness (QED) is 0.668. The Morgan fingerprint density at radius 2 is 2.36 bits per heavy atom. The molecule has 1 aromatic rings. The molecule has 0 saturated carbocycles. The molecule has 1 aromatic heterocycles. The Morgan fingerprint density at radius 1 is 1.73 bits per heavy atom. The van der Waals surface area contributed by atoms with Crippen molar-refractivity contribution in [3.63, 3.8) is 0 Å². The Labute approximate surface area is 59.8 Å². The smallest absolute Gasteiger partial charge is 0.379 e. The fourth-order valence-corrected chi connectivity index (χ4v) is 0.546. The third-order valence-electron chi connectivity index (χ3n) is 1.13. The van der Waals surface area contributed by atoms with Crippen LogP contribution in [0, 0.1) is 0 Å². The number of alkyl halides is 2. The van der Waals surface area contributed by atoms with Gasteiger partial charge in [-0.1, -0.05) is 0 Å². The standard InChI is InChI=1S/C5H4F2N2O2/c6-5(7,4(10)11)3-1-8-9-2-3/h1-2H,(H,8,9)(H,10,11). The number of nitrogens with one attached hydrogen (secondary N) is 1. The lowest BCUT2D eigenvalue weighted by molar-refractivity contribution is -0.166. The number of H-pyrrole nitrogens is 1. The van der Waals surface area contributed by atoms with Crippen molar-refractivity contribution in [3.8, 4) is 0 Å². The largest absolute Gasteiger partial charge is 0.477 e. The van der Waals surface area contributed by atoms with Crippen LogP contribution in [-0.2, 0) is 10.7 Å². The van der Waals surface area contributed by atoms with Crippen LogP contribution in [0.5, 0.6) is 0 Å². The molecule has 6 heteroatoms. The lowest BCUT2D eigenvalue weighted by Gasteiger charge is -2.06. The number of aromatic nitrogens is 2. The average Bonchev–Trinajstić information content (AvgIpc) is 2.37. The van der Waals surface area contributed by atoms with Crippen LogP contribution in [0.3, 0.4) is 0 Å². The number of halogens is 2. The minimum absolute atomic E-state index is 0.648. The third-order valence-corrected chi connectivity index (χ3v) is 1.13. The summed E-state index contributed by atoms with van der Waals surface area (Å²) in [5.74, 6) is -6.04. The van der Waals surface area contributed by atoms with Crippen molar-refractivity contribution >= 4 is 5.97 Å². The van der Waals surface area contributed by atoms with Crippen molar-refractivity contribution in [2.24, 2.45) is 0 Å². The van der Waals surface area contributed by atoms with E-state index in [1.807, 2.05) is 0 Å². The van der Waals surface area contributed by atoms with Gasteiger partial charge in [-0.05, 0) is 0 Å². The van der Waals surface area contributed by atoms with Gasteiger partial charge in [-0.3, -0.25) is 5.10 Å². The molecule has 60 valence electrons. The third kappa shape index (κ3) is 1.19. The van der Waals surface area contributed by atoms with E-state index in [4.69, 9.17) is 5.11 Å². The molecule has 0 aliphatic heterocycles.